The Hall–Kier alpha value is -1.68. The highest BCUT2D eigenvalue weighted by atomic mass is 16.3. The Morgan fingerprint density at radius 2 is 2.13 bits per heavy atom. The van der Waals surface area contributed by atoms with Crippen molar-refractivity contribution in [1.29, 1.82) is 0 Å². The zero-order valence-electron chi connectivity index (χ0n) is 8.64. The summed E-state index contributed by atoms with van der Waals surface area (Å²) in [6, 6.07) is 3.57. The van der Waals surface area contributed by atoms with Crippen molar-refractivity contribution in [2.45, 2.75) is 20.0 Å². The molecule has 0 saturated heterocycles. The Morgan fingerprint density at radius 1 is 1.33 bits per heavy atom. The maximum atomic E-state index is 10.1. The SMILES string of the molecule is Cc1cc(C(O)c2ccoc2)c(C)nn1. The van der Waals surface area contributed by atoms with Gasteiger partial charge in [-0.15, -0.1) is 0 Å². The van der Waals surface area contributed by atoms with E-state index in [1.807, 2.05) is 19.9 Å². The molecular formula is C11H12N2O2. The minimum atomic E-state index is -0.696. The quantitative estimate of drug-likeness (QED) is 0.809. The lowest BCUT2D eigenvalue weighted by Gasteiger charge is -2.10. The molecule has 0 saturated carbocycles. The fourth-order valence-corrected chi connectivity index (χ4v) is 1.46. The zero-order valence-corrected chi connectivity index (χ0v) is 8.64. The van der Waals surface area contributed by atoms with Gasteiger partial charge in [0.2, 0.25) is 0 Å². The third-order valence-corrected chi connectivity index (χ3v) is 2.29. The first kappa shape index (κ1) is 9.86. The van der Waals surface area contributed by atoms with Crippen LogP contribution in [0.15, 0.2) is 29.1 Å². The Bertz CT molecular complexity index is 452. The number of aromatic nitrogens is 2. The number of hydrogen-bond acceptors (Lipinski definition) is 4. The zero-order chi connectivity index (χ0) is 10.8. The second-order valence-electron chi connectivity index (χ2n) is 3.49. The lowest BCUT2D eigenvalue weighted by Crippen LogP contribution is -2.04. The molecule has 0 aliphatic heterocycles. The van der Waals surface area contributed by atoms with Gasteiger partial charge in [0.15, 0.2) is 0 Å². The first-order valence-corrected chi connectivity index (χ1v) is 4.69. The molecule has 0 amide bonds. The van der Waals surface area contributed by atoms with Gasteiger partial charge in [-0.05, 0) is 26.0 Å². The van der Waals surface area contributed by atoms with Gasteiger partial charge in [-0.1, -0.05) is 0 Å². The molecule has 0 bridgehead atoms. The first-order chi connectivity index (χ1) is 7.18. The molecule has 0 aromatic carbocycles. The van der Waals surface area contributed by atoms with Crippen molar-refractivity contribution in [2.75, 3.05) is 0 Å². The summed E-state index contributed by atoms with van der Waals surface area (Å²) in [6.07, 6.45) is 2.37. The minimum Gasteiger partial charge on any atom is -0.472 e. The van der Waals surface area contributed by atoms with Crippen molar-refractivity contribution >= 4 is 0 Å². The van der Waals surface area contributed by atoms with Crippen LogP contribution in [0.3, 0.4) is 0 Å². The Balaban J connectivity index is 2.41. The highest BCUT2D eigenvalue weighted by Gasteiger charge is 2.15. The molecule has 2 rings (SSSR count). The van der Waals surface area contributed by atoms with Crippen LogP contribution in [-0.4, -0.2) is 15.3 Å². The summed E-state index contributed by atoms with van der Waals surface area (Å²) in [5.41, 5.74) is 3.02. The molecule has 2 aromatic rings. The number of aliphatic hydroxyl groups is 1. The number of furan rings is 1. The van der Waals surface area contributed by atoms with Crippen LogP contribution in [0.5, 0.6) is 0 Å². The van der Waals surface area contributed by atoms with Crippen LogP contribution in [0.25, 0.3) is 0 Å². The fraction of sp³-hybridized carbons (Fsp3) is 0.273. The minimum absolute atomic E-state index is 0.696. The van der Waals surface area contributed by atoms with E-state index in [9.17, 15) is 5.11 Å². The molecule has 78 valence electrons. The maximum Gasteiger partial charge on any atom is 0.109 e. The Kier molecular flexibility index (Phi) is 2.51. The average Bonchev–Trinajstić information content (AvgIpc) is 2.74. The lowest BCUT2D eigenvalue weighted by atomic mass is 10.0. The monoisotopic (exact) mass is 204 g/mol. The predicted molar refractivity (Wildman–Crippen MR) is 54.3 cm³/mol. The molecular weight excluding hydrogens is 192 g/mol. The molecule has 0 aliphatic carbocycles. The van der Waals surface area contributed by atoms with Gasteiger partial charge < -0.3 is 9.52 Å². The van der Waals surface area contributed by atoms with Crippen LogP contribution < -0.4 is 0 Å². The molecule has 1 N–H and O–H groups in total. The van der Waals surface area contributed by atoms with Gasteiger partial charge in [0.1, 0.15) is 6.10 Å². The molecule has 2 aromatic heterocycles. The van der Waals surface area contributed by atoms with Crippen molar-refractivity contribution in [3.05, 3.63) is 47.2 Å². The van der Waals surface area contributed by atoms with Gasteiger partial charge in [-0.3, -0.25) is 0 Å². The third-order valence-electron chi connectivity index (χ3n) is 2.29. The normalized spacial score (nSPS) is 12.7. The number of rotatable bonds is 2. The molecule has 4 heteroatoms. The summed E-state index contributed by atoms with van der Waals surface area (Å²) in [7, 11) is 0. The summed E-state index contributed by atoms with van der Waals surface area (Å²) in [5, 5.41) is 17.9. The predicted octanol–water partition coefficient (Wildman–Crippen LogP) is 1.77. The van der Waals surface area contributed by atoms with Gasteiger partial charge >= 0.3 is 0 Å². The Labute approximate surface area is 87.6 Å². The molecule has 0 radical (unpaired) electrons. The van der Waals surface area contributed by atoms with Gasteiger partial charge in [0.05, 0.1) is 23.9 Å². The van der Waals surface area contributed by atoms with E-state index in [1.54, 1.807) is 6.07 Å². The summed E-state index contributed by atoms with van der Waals surface area (Å²) < 4.78 is 4.93. The number of aliphatic hydroxyl groups excluding tert-OH is 1. The van der Waals surface area contributed by atoms with Crippen molar-refractivity contribution in [3.63, 3.8) is 0 Å². The van der Waals surface area contributed by atoms with Gasteiger partial charge in [-0.2, -0.15) is 10.2 Å². The molecule has 0 spiro atoms. The maximum absolute atomic E-state index is 10.1. The van der Waals surface area contributed by atoms with Gasteiger partial charge in [-0.25, -0.2) is 0 Å². The van der Waals surface area contributed by atoms with Crippen LogP contribution in [0.2, 0.25) is 0 Å². The lowest BCUT2D eigenvalue weighted by molar-refractivity contribution is 0.217. The average molecular weight is 204 g/mol. The van der Waals surface area contributed by atoms with E-state index in [4.69, 9.17) is 4.42 Å². The van der Waals surface area contributed by atoms with E-state index >= 15 is 0 Å². The van der Waals surface area contributed by atoms with E-state index in [1.165, 1.54) is 12.5 Å². The topological polar surface area (TPSA) is 59.2 Å². The molecule has 1 unspecified atom stereocenters. The second kappa shape index (κ2) is 3.82. The molecule has 0 fully saturated rings. The summed E-state index contributed by atoms with van der Waals surface area (Å²) >= 11 is 0. The second-order valence-corrected chi connectivity index (χ2v) is 3.49. The van der Waals surface area contributed by atoms with Crippen molar-refractivity contribution in [2.24, 2.45) is 0 Å². The summed E-state index contributed by atoms with van der Waals surface area (Å²) in [5.74, 6) is 0. The number of nitrogens with zero attached hydrogens (tertiary/aromatic N) is 2. The highest BCUT2D eigenvalue weighted by molar-refractivity contribution is 5.30. The summed E-state index contributed by atoms with van der Waals surface area (Å²) in [6.45, 7) is 3.67. The van der Waals surface area contributed by atoms with E-state index in [2.05, 4.69) is 10.2 Å². The molecule has 4 nitrogen and oxygen atoms in total. The first-order valence-electron chi connectivity index (χ1n) is 4.69. The molecule has 2 heterocycles. The fourth-order valence-electron chi connectivity index (χ4n) is 1.46. The van der Waals surface area contributed by atoms with Crippen LogP contribution in [-0.2, 0) is 0 Å². The van der Waals surface area contributed by atoms with Crippen LogP contribution in [0.4, 0.5) is 0 Å². The molecule has 0 aliphatic rings. The van der Waals surface area contributed by atoms with Crippen molar-refractivity contribution in [3.8, 4) is 0 Å². The van der Waals surface area contributed by atoms with Crippen molar-refractivity contribution < 1.29 is 9.52 Å². The van der Waals surface area contributed by atoms with E-state index in [0.29, 0.717) is 0 Å². The van der Waals surface area contributed by atoms with Crippen LogP contribution >= 0.6 is 0 Å². The van der Waals surface area contributed by atoms with Crippen molar-refractivity contribution in [1.82, 2.24) is 10.2 Å². The van der Waals surface area contributed by atoms with Gasteiger partial charge in [0, 0.05) is 11.1 Å². The van der Waals surface area contributed by atoms with E-state index in [-0.39, 0.29) is 0 Å². The highest BCUT2D eigenvalue weighted by Crippen LogP contribution is 2.23. The standard InChI is InChI=1S/C11H12N2O2/c1-7-5-10(8(2)13-12-7)11(14)9-3-4-15-6-9/h3-6,11,14H,1-2H3. The molecule has 1 atom stereocenters. The van der Waals surface area contributed by atoms with E-state index < -0.39 is 6.10 Å². The molecule has 15 heavy (non-hydrogen) atoms. The van der Waals surface area contributed by atoms with Gasteiger partial charge in [0.25, 0.3) is 0 Å². The van der Waals surface area contributed by atoms with E-state index in [0.717, 1.165) is 22.5 Å². The summed E-state index contributed by atoms with van der Waals surface area (Å²) in [4.78, 5) is 0. The largest absolute Gasteiger partial charge is 0.472 e. The third kappa shape index (κ3) is 1.89. The number of aryl methyl sites for hydroxylation is 2. The van der Waals surface area contributed by atoms with Crippen LogP contribution in [0.1, 0.15) is 28.6 Å². The number of hydrogen-bond donors (Lipinski definition) is 1. The van der Waals surface area contributed by atoms with Crippen LogP contribution in [0, 0.1) is 13.8 Å². The Morgan fingerprint density at radius 3 is 2.80 bits per heavy atom. The smallest absolute Gasteiger partial charge is 0.109 e.